The lowest BCUT2D eigenvalue weighted by Crippen LogP contribution is -2.19. The first-order valence-corrected chi connectivity index (χ1v) is 4.73. The lowest BCUT2D eigenvalue weighted by atomic mass is 10.4. The molecule has 0 atom stereocenters. The molecule has 0 unspecified atom stereocenters. The summed E-state index contributed by atoms with van der Waals surface area (Å²) < 4.78 is 1.99. The maximum absolute atomic E-state index is 11.4. The van der Waals surface area contributed by atoms with E-state index in [0.29, 0.717) is 10.3 Å². The van der Waals surface area contributed by atoms with E-state index in [2.05, 4.69) is 26.0 Å². The fourth-order valence-electron chi connectivity index (χ4n) is 1.08. The average Bonchev–Trinajstić information content (AvgIpc) is 2.18. The monoisotopic (exact) mass is 251 g/mol. The van der Waals surface area contributed by atoms with Crippen molar-refractivity contribution >= 4 is 15.9 Å². The summed E-state index contributed by atoms with van der Waals surface area (Å²) in [5.74, 6) is 0. The minimum atomic E-state index is -0.161. The van der Waals surface area contributed by atoms with Crippen LogP contribution in [0.2, 0.25) is 0 Å². The Morgan fingerprint density at radius 2 is 2.14 bits per heavy atom. The van der Waals surface area contributed by atoms with Crippen LogP contribution in [0.15, 0.2) is 46.1 Å². The number of halogens is 1. The standard InChI is InChI=1S/C9H6BrN3O/c10-8-6-7(3-5-11-8)13-9(14)2-1-4-12-13/h1-6H. The Balaban J connectivity index is 2.61. The Hall–Kier alpha value is -1.49. The number of hydrogen-bond donors (Lipinski definition) is 0. The molecule has 0 aliphatic rings. The number of aromatic nitrogens is 3. The minimum Gasteiger partial charge on any atom is -0.267 e. The molecule has 0 bridgehead atoms. The SMILES string of the molecule is O=c1cccnn1-c1ccnc(Br)c1. The zero-order valence-electron chi connectivity index (χ0n) is 7.09. The molecule has 0 radical (unpaired) electrons. The van der Waals surface area contributed by atoms with Gasteiger partial charge in [0.05, 0.1) is 5.69 Å². The van der Waals surface area contributed by atoms with E-state index < -0.39 is 0 Å². The molecule has 2 rings (SSSR count). The van der Waals surface area contributed by atoms with E-state index in [0.717, 1.165) is 0 Å². The topological polar surface area (TPSA) is 47.8 Å². The van der Waals surface area contributed by atoms with Gasteiger partial charge in [-0.05, 0) is 34.1 Å². The van der Waals surface area contributed by atoms with Crippen molar-refractivity contribution < 1.29 is 0 Å². The molecule has 0 aromatic carbocycles. The van der Waals surface area contributed by atoms with Crippen molar-refractivity contribution in [1.82, 2.24) is 14.8 Å². The normalized spacial score (nSPS) is 10.1. The van der Waals surface area contributed by atoms with Crippen molar-refractivity contribution in [2.45, 2.75) is 0 Å². The molecule has 0 fully saturated rings. The Bertz CT molecular complexity index is 509. The average molecular weight is 252 g/mol. The predicted molar refractivity (Wildman–Crippen MR) is 55.3 cm³/mol. The third kappa shape index (κ3) is 1.72. The highest BCUT2D eigenvalue weighted by Crippen LogP contribution is 2.09. The van der Waals surface area contributed by atoms with Crippen molar-refractivity contribution in [3.05, 3.63) is 51.6 Å². The van der Waals surface area contributed by atoms with Crippen molar-refractivity contribution in [3.63, 3.8) is 0 Å². The summed E-state index contributed by atoms with van der Waals surface area (Å²) in [6.07, 6.45) is 3.18. The molecule has 0 saturated carbocycles. The van der Waals surface area contributed by atoms with E-state index in [1.165, 1.54) is 10.7 Å². The van der Waals surface area contributed by atoms with Crippen molar-refractivity contribution in [1.29, 1.82) is 0 Å². The van der Waals surface area contributed by atoms with Crippen molar-refractivity contribution in [2.75, 3.05) is 0 Å². The lowest BCUT2D eigenvalue weighted by Gasteiger charge is -2.02. The summed E-state index contributed by atoms with van der Waals surface area (Å²) in [7, 11) is 0. The largest absolute Gasteiger partial charge is 0.271 e. The summed E-state index contributed by atoms with van der Waals surface area (Å²) in [6, 6.07) is 6.52. The molecular formula is C9H6BrN3O. The molecular weight excluding hydrogens is 246 g/mol. The van der Waals surface area contributed by atoms with E-state index >= 15 is 0 Å². The molecule has 2 aromatic heterocycles. The Kier molecular flexibility index (Phi) is 2.41. The fraction of sp³-hybridized carbons (Fsp3) is 0. The molecule has 14 heavy (non-hydrogen) atoms. The molecule has 70 valence electrons. The van der Waals surface area contributed by atoms with Gasteiger partial charge in [0.2, 0.25) is 0 Å². The van der Waals surface area contributed by atoms with Gasteiger partial charge in [-0.3, -0.25) is 4.79 Å². The van der Waals surface area contributed by atoms with Crippen LogP contribution in [-0.2, 0) is 0 Å². The molecule has 0 N–H and O–H groups in total. The highest BCUT2D eigenvalue weighted by atomic mass is 79.9. The van der Waals surface area contributed by atoms with E-state index in [-0.39, 0.29) is 5.56 Å². The summed E-state index contributed by atoms with van der Waals surface area (Å²) in [5, 5.41) is 3.95. The first kappa shape index (κ1) is 9.08. The van der Waals surface area contributed by atoms with Crippen LogP contribution < -0.4 is 5.56 Å². The summed E-state index contributed by atoms with van der Waals surface area (Å²) >= 11 is 3.23. The maximum Gasteiger partial charge on any atom is 0.271 e. The fourth-order valence-corrected chi connectivity index (χ4v) is 1.43. The van der Waals surface area contributed by atoms with Gasteiger partial charge < -0.3 is 0 Å². The highest BCUT2D eigenvalue weighted by molar-refractivity contribution is 9.10. The Morgan fingerprint density at radius 1 is 1.29 bits per heavy atom. The molecule has 2 aromatic rings. The van der Waals surface area contributed by atoms with E-state index in [4.69, 9.17) is 0 Å². The van der Waals surface area contributed by atoms with E-state index in [1.807, 2.05) is 0 Å². The van der Waals surface area contributed by atoms with E-state index in [1.54, 1.807) is 30.6 Å². The molecule has 0 saturated heterocycles. The lowest BCUT2D eigenvalue weighted by molar-refractivity contribution is 0.804. The number of nitrogens with zero attached hydrogens (tertiary/aromatic N) is 3. The molecule has 4 nitrogen and oxygen atoms in total. The first-order chi connectivity index (χ1) is 6.77. The van der Waals surface area contributed by atoms with Gasteiger partial charge in [0.1, 0.15) is 4.60 Å². The van der Waals surface area contributed by atoms with Gasteiger partial charge in [0.15, 0.2) is 0 Å². The summed E-state index contributed by atoms with van der Waals surface area (Å²) in [5.41, 5.74) is 0.531. The zero-order valence-corrected chi connectivity index (χ0v) is 8.68. The predicted octanol–water partition coefficient (Wildman–Crippen LogP) is 1.39. The van der Waals surface area contributed by atoms with E-state index in [9.17, 15) is 4.79 Å². The molecule has 0 amide bonds. The number of rotatable bonds is 1. The van der Waals surface area contributed by atoms with Crippen molar-refractivity contribution in [2.24, 2.45) is 0 Å². The van der Waals surface area contributed by atoms with Gasteiger partial charge in [-0.25, -0.2) is 4.98 Å². The Labute approximate surface area is 88.4 Å². The van der Waals surface area contributed by atoms with Crippen LogP contribution in [0, 0.1) is 0 Å². The second kappa shape index (κ2) is 3.71. The van der Waals surface area contributed by atoms with Gasteiger partial charge in [-0.2, -0.15) is 9.78 Å². The van der Waals surface area contributed by atoms with Crippen LogP contribution in [-0.4, -0.2) is 14.8 Å². The van der Waals surface area contributed by atoms with Crippen LogP contribution in [0.5, 0.6) is 0 Å². The minimum absolute atomic E-state index is 0.161. The first-order valence-electron chi connectivity index (χ1n) is 3.94. The van der Waals surface area contributed by atoms with Gasteiger partial charge in [0, 0.05) is 18.5 Å². The molecule has 5 heteroatoms. The summed E-state index contributed by atoms with van der Waals surface area (Å²) in [6.45, 7) is 0. The Morgan fingerprint density at radius 3 is 2.86 bits per heavy atom. The molecule has 0 aliphatic heterocycles. The van der Waals surface area contributed by atoms with Crippen LogP contribution in [0.25, 0.3) is 5.69 Å². The maximum atomic E-state index is 11.4. The summed E-state index contributed by atoms with van der Waals surface area (Å²) in [4.78, 5) is 15.4. The molecule has 0 aliphatic carbocycles. The quantitative estimate of drug-likeness (QED) is 0.720. The third-order valence-corrected chi connectivity index (χ3v) is 2.10. The van der Waals surface area contributed by atoms with Crippen LogP contribution in [0.1, 0.15) is 0 Å². The second-order valence-corrected chi connectivity index (χ2v) is 3.42. The number of hydrogen-bond acceptors (Lipinski definition) is 3. The van der Waals surface area contributed by atoms with Crippen molar-refractivity contribution in [3.8, 4) is 5.69 Å². The smallest absolute Gasteiger partial charge is 0.267 e. The second-order valence-electron chi connectivity index (χ2n) is 2.61. The third-order valence-electron chi connectivity index (χ3n) is 1.67. The molecule has 0 spiro atoms. The van der Waals surface area contributed by atoms with Crippen LogP contribution in [0.3, 0.4) is 0 Å². The van der Waals surface area contributed by atoms with Gasteiger partial charge in [-0.15, -0.1) is 0 Å². The van der Waals surface area contributed by atoms with Crippen LogP contribution in [0.4, 0.5) is 0 Å². The van der Waals surface area contributed by atoms with Gasteiger partial charge in [-0.1, -0.05) is 0 Å². The highest BCUT2D eigenvalue weighted by Gasteiger charge is 1.99. The van der Waals surface area contributed by atoms with Crippen LogP contribution >= 0.6 is 15.9 Å². The van der Waals surface area contributed by atoms with Gasteiger partial charge in [0.25, 0.3) is 5.56 Å². The van der Waals surface area contributed by atoms with Gasteiger partial charge >= 0.3 is 0 Å². The zero-order chi connectivity index (χ0) is 9.97. The number of pyridine rings is 1. The molecule has 2 heterocycles.